The van der Waals surface area contributed by atoms with Gasteiger partial charge in [0.25, 0.3) is 11.8 Å². The maximum absolute atomic E-state index is 12.8. The van der Waals surface area contributed by atoms with Crippen molar-refractivity contribution in [3.8, 4) is 11.5 Å². The number of carbonyl (C=O) groups is 3. The molecule has 0 saturated heterocycles. The van der Waals surface area contributed by atoms with Gasteiger partial charge in [0.05, 0.1) is 5.69 Å². The predicted molar refractivity (Wildman–Crippen MR) is 128 cm³/mol. The molecule has 9 heteroatoms. The lowest BCUT2D eigenvalue weighted by Crippen LogP contribution is -2.38. The second kappa shape index (κ2) is 10.4. The van der Waals surface area contributed by atoms with Crippen LogP contribution in [-0.4, -0.2) is 42.3 Å². The molecule has 182 valence electrons. The van der Waals surface area contributed by atoms with Crippen molar-refractivity contribution < 1.29 is 28.3 Å². The highest BCUT2D eigenvalue weighted by Gasteiger charge is 2.28. The summed E-state index contributed by atoms with van der Waals surface area (Å²) in [7, 11) is 0. The fraction of sp³-hybridized carbons (Fsp3) is 0.308. The lowest BCUT2D eigenvalue weighted by molar-refractivity contribution is -0.121. The highest BCUT2D eigenvalue weighted by Crippen LogP contribution is 2.34. The van der Waals surface area contributed by atoms with Crippen LogP contribution in [0.5, 0.6) is 11.5 Å². The van der Waals surface area contributed by atoms with E-state index >= 15 is 0 Å². The second-order valence-corrected chi connectivity index (χ2v) is 8.29. The SMILES string of the molecule is CCCNC(=O)c1coc(CN2C(=O)COc3ccc(C(=O)COc4ccc(C)c(C)c4)cc32)n1. The average molecular weight is 478 g/mol. The smallest absolute Gasteiger partial charge is 0.273 e. The maximum atomic E-state index is 12.8. The lowest BCUT2D eigenvalue weighted by atomic mass is 10.1. The highest BCUT2D eigenvalue weighted by atomic mass is 16.5. The molecule has 9 nitrogen and oxygen atoms in total. The zero-order chi connectivity index (χ0) is 24.9. The lowest BCUT2D eigenvalue weighted by Gasteiger charge is -2.28. The van der Waals surface area contributed by atoms with Gasteiger partial charge < -0.3 is 19.2 Å². The number of oxazole rings is 1. The number of aryl methyl sites for hydroxylation is 2. The van der Waals surface area contributed by atoms with Gasteiger partial charge in [-0.05, 0) is 61.7 Å². The number of hydrogen-bond donors (Lipinski definition) is 1. The molecular formula is C26H27N3O6. The summed E-state index contributed by atoms with van der Waals surface area (Å²) in [5.74, 6) is 0.374. The Balaban J connectivity index is 1.49. The fourth-order valence-corrected chi connectivity index (χ4v) is 3.54. The largest absolute Gasteiger partial charge is 0.485 e. The summed E-state index contributed by atoms with van der Waals surface area (Å²) in [6.07, 6.45) is 2.06. The third-order valence-corrected chi connectivity index (χ3v) is 5.69. The van der Waals surface area contributed by atoms with Crippen LogP contribution >= 0.6 is 0 Å². The Morgan fingerprint density at radius 3 is 2.74 bits per heavy atom. The van der Waals surface area contributed by atoms with Crippen molar-refractivity contribution in [1.29, 1.82) is 0 Å². The Labute approximate surface area is 203 Å². The number of rotatable bonds is 9. The summed E-state index contributed by atoms with van der Waals surface area (Å²) in [6.45, 7) is 6.16. The number of anilines is 1. The first-order chi connectivity index (χ1) is 16.9. The number of amides is 2. The van der Waals surface area contributed by atoms with Gasteiger partial charge in [-0.15, -0.1) is 0 Å². The van der Waals surface area contributed by atoms with Crippen LogP contribution in [0.15, 0.2) is 47.1 Å². The minimum atomic E-state index is -0.341. The normalized spacial score (nSPS) is 12.7. The number of ketones is 1. The molecule has 0 saturated carbocycles. The Bertz CT molecular complexity index is 1270. The predicted octanol–water partition coefficient (Wildman–Crippen LogP) is 3.62. The van der Waals surface area contributed by atoms with Crippen LogP contribution in [0.25, 0.3) is 0 Å². The molecule has 1 N–H and O–H groups in total. The van der Waals surface area contributed by atoms with Crippen molar-refractivity contribution in [2.45, 2.75) is 33.7 Å². The van der Waals surface area contributed by atoms with Gasteiger partial charge in [-0.1, -0.05) is 13.0 Å². The average Bonchev–Trinajstić information content (AvgIpc) is 3.33. The highest BCUT2D eigenvalue weighted by molar-refractivity contribution is 6.02. The number of fused-ring (bicyclic) bond motifs is 1. The van der Waals surface area contributed by atoms with Crippen LogP contribution in [-0.2, 0) is 11.3 Å². The summed E-state index contributed by atoms with van der Waals surface area (Å²) in [6, 6.07) is 10.5. The van der Waals surface area contributed by atoms with E-state index in [-0.39, 0.29) is 48.9 Å². The molecule has 0 fully saturated rings. The summed E-state index contributed by atoms with van der Waals surface area (Å²) in [5.41, 5.74) is 3.16. The van der Waals surface area contributed by atoms with Gasteiger partial charge in [-0.3, -0.25) is 19.3 Å². The van der Waals surface area contributed by atoms with Crippen molar-refractivity contribution in [2.75, 3.05) is 24.7 Å². The number of ether oxygens (including phenoxy) is 2. The zero-order valence-electron chi connectivity index (χ0n) is 19.9. The van der Waals surface area contributed by atoms with E-state index in [1.54, 1.807) is 18.2 Å². The van der Waals surface area contributed by atoms with Crippen LogP contribution in [0, 0.1) is 13.8 Å². The van der Waals surface area contributed by atoms with Crippen molar-refractivity contribution in [1.82, 2.24) is 10.3 Å². The van der Waals surface area contributed by atoms with Gasteiger partial charge >= 0.3 is 0 Å². The van der Waals surface area contributed by atoms with E-state index < -0.39 is 0 Å². The molecule has 1 aromatic heterocycles. The Hall–Kier alpha value is -4.14. The van der Waals surface area contributed by atoms with E-state index in [0.717, 1.165) is 17.5 Å². The molecule has 0 aliphatic carbocycles. The summed E-state index contributed by atoms with van der Waals surface area (Å²) < 4.78 is 16.6. The summed E-state index contributed by atoms with van der Waals surface area (Å²) in [4.78, 5) is 43.2. The van der Waals surface area contributed by atoms with Crippen LogP contribution in [0.2, 0.25) is 0 Å². The quantitative estimate of drug-likeness (QED) is 0.469. The van der Waals surface area contributed by atoms with Crippen LogP contribution in [0.1, 0.15) is 51.2 Å². The minimum Gasteiger partial charge on any atom is -0.485 e. The molecule has 0 radical (unpaired) electrons. The molecule has 0 spiro atoms. The van der Waals surface area contributed by atoms with Gasteiger partial charge in [0.15, 0.2) is 24.7 Å². The number of carbonyl (C=O) groups excluding carboxylic acids is 3. The summed E-state index contributed by atoms with van der Waals surface area (Å²) >= 11 is 0. The third kappa shape index (κ3) is 5.51. The van der Waals surface area contributed by atoms with Gasteiger partial charge in [-0.2, -0.15) is 0 Å². The van der Waals surface area contributed by atoms with Crippen LogP contribution in [0.4, 0.5) is 5.69 Å². The molecular weight excluding hydrogens is 450 g/mol. The van der Waals surface area contributed by atoms with Crippen molar-refractivity contribution >= 4 is 23.3 Å². The monoisotopic (exact) mass is 477 g/mol. The van der Waals surface area contributed by atoms with E-state index in [2.05, 4.69) is 10.3 Å². The molecule has 4 rings (SSSR count). The summed E-state index contributed by atoms with van der Waals surface area (Å²) in [5, 5.41) is 2.73. The van der Waals surface area contributed by atoms with Crippen LogP contribution in [0.3, 0.4) is 0 Å². The van der Waals surface area contributed by atoms with Crippen molar-refractivity contribution in [2.24, 2.45) is 0 Å². The van der Waals surface area contributed by atoms with Gasteiger partial charge in [0.2, 0.25) is 5.89 Å². The third-order valence-electron chi connectivity index (χ3n) is 5.69. The molecule has 1 aliphatic rings. The molecule has 35 heavy (non-hydrogen) atoms. The van der Waals surface area contributed by atoms with Gasteiger partial charge in [0, 0.05) is 12.1 Å². The zero-order valence-corrected chi connectivity index (χ0v) is 19.9. The molecule has 2 heterocycles. The maximum Gasteiger partial charge on any atom is 0.273 e. The molecule has 0 atom stereocenters. The second-order valence-electron chi connectivity index (χ2n) is 8.29. The fourth-order valence-electron chi connectivity index (χ4n) is 3.54. The molecule has 0 unspecified atom stereocenters. The first-order valence-electron chi connectivity index (χ1n) is 11.4. The van der Waals surface area contributed by atoms with Gasteiger partial charge in [0.1, 0.15) is 24.3 Å². The van der Waals surface area contributed by atoms with E-state index in [4.69, 9.17) is 13.9 Å². The van der Waals surface area contributed by atoms with E-state index in [1.165, 1.54) is 11.2 Å². The number of Topliss-reactive ketones (excluding diaryl/α,β-unsaturated/α-hetero) is 1. The topological polar surface area (TPSA) is 111 Å². The molecule has 0 bridgehead atoms. The molecule has 2 aromatic carbocycles. The number of benzene rings is 2. The molecule has 1 aliphatic heterocycles. The minimum absolute atomic E-state index is 0.00691. The van der Waals surface area contributed by atoms with Gasteiger partial charge in [-0.25, -0.2) is 4.98 Å². The standard InChI is InChI=1S/C26H27N3O6/c1-4-9-27-26(32)20-13-35-24(28-20)12-29-21-11-18(6-8-23(21)34-15-25(29)31)22(30)14-33-19-7-5-16(2)17(3)10-19/h5-8,10-11,13H,4,9,12,14-15H2,1-3H3,(H,27,32). The van der Waals surface area contributed by atoms with E-state index in [9.17, 15) is 14.4 Å². The first kappa shape index (κ1) is 24.0. The van der Waals surface area contributed by atoms with E-state index in [0.29, 0.717) is 29.3 Å². The first-order valence-corrected chi connectivity index (χ1v) is 11.4. The Morgan fingerprint density at radius 2 is 1.97 bits per heavy atom. The Morgan fingerprint density at radius 1 is 1.14 bits per heavy atom. The van der Waals surface area contributed by atoms with Crippen molar-refractivity contribution in [3.05, 3.63) is 70.9 Å². The Kier molecular flexibility index (Phi) is 7.14. The number of nitrogens with zero attached hydrogens (tertiary/aromatic N) is 2. The number of aromatic nitrogens is 1. The molecule has 2 amide bonds. The molecule has 3 aromatic rings. The number of nitrogens with one attached hydrogen (secondary N) is 1. The van der Waals surface area contributed by atoms with E-state index in [1.807, 2.05) is 39.0 Å². The van der Waals surface area contributed by atoms with Crippen molar-refractivity contribution in [3.63, 3.8) is 0 Å². The number of hydrogen-bond acceptors (Lipinski definition) is 7. The van der Waals surface area contributed by atoms with Crippen LogP contribution < -0.4 is 19.7 Å².